The summed E-state index contributed by atoms with van der Waals surface area (Å²) in [6.45, 7) is 0.272. The zero-order valence-corrected chi connectivity index (χ0v) is 12.5. The van der Waals surface area contributed by atoms with E-state index >= 15 is 0 Å². The Kier molecular flexibility index (Phi) is 4.60. The molecule has 3 aromatic rings. The van der Waals surface area contributed by atoms with Gasteiger partial charge in [0.05, 0.1) is 0 Å². The van der Waals surface area contributed by atoms with Crippen LogP contribution in [0.25, 0.3) is 11.4 Å². The molecule has 7 heteroatoms. The fourth-order valence-corrected chi connectivity index (χ4v) is 2.25. The van der Waals surface area contributed by atoms with Crippen LogP contribution in [0.3, 0.4) is 0 Å². The first-order valence-corrected chi connectivity index (χ1v) is 7.22. The van der Waals surface area contributed by atoms with Gasteiger partial charge in [0.2, 0.25) is 12.2 Å². The molecule has 0 fully saturated rings. The Morgan fingerprint density at radius 1 is 1.08 bits per heavy atom. The van der Waals surface area contributed by atoms with Crippen molar-refractivity contribution in [3.05, 3.63) is 71.6 Å². The Morgan fingerprint density at radius 3 is 2.42 bits per heavy atom. The van der Waals surface area contributed by atoms with Crippen LogP contribution in [0.4, 0.5) is 8.78 Å². The maximum absolute atomic E-state index is 13.1. The number of hydrogen-bond donors (Lipinski definition) is 1. The lowest BCUT2D eigenvalue weighted by Crippen LogP contribution is -2.25. The van der Waals surface area contributed by atoms with Crippen molar-refractivity contribution in [3.63, 3.8) is 0 Å². The van der Waals surface area contributed by atoms with Crippen molar-refractivity contribution >= 4 is 5.91 Å². The van der Waals surface area contributed by atoms with Crippen LogP contribution in [0.2, 0.25) is 0 Å². The van der Waals surface area contributed by atoms with E-state index < -0.39 is 11.6 Å². The van der Waals surface area contributed by atoms with E-state index in [1.807, 2.05) is 0 Å². The summed E-state index contributed by atoms with van der Waals surface area (Å²) in [5.41, 5.74) is 1.68. The van der Waals surface area contributed by atoms with Crippen molar-refractivity contribution in [3.8, 4) is 11.4 Å². The molecule has 0 aliphatic heterocycles. The second kappa shape index (κ2) is 6.99. The summed E-state index contributed by atoms with van der Waals surface area (Å²) >= 11 is 0. The molecule has 1 aromatic heterocycles. The zero-order valence-electron chi connectivity index (χ0n) is 12.5. The minimum Gasteiger partial charge on any atom is -0.352 e. The van der Waals surface area contributed by atoms with E-state index in [9.17, 15) is 13.6 Å². The van der Waals surface area contributed by atoms with Crippen molar-refractivity contribution in [1.82, 2.24) is 15.5 Å². The van der Waals surface area contributed by atoms with Crippen LogP contribution >= 0.6 is 0 Å². The Balaban J connectivity index is 1.57. The molecule has 0 aliphatic carbocycles. The molecule has 0 bridgehead atoms. The van der Waals surface area contributed by atoms with Crippen LogP contribution in [-0.2, 0) is 6.42 Å². The van der Waals surface area contributed by atoms with Gasteiger partial charge in [-0.2, -0.15) is 4.98 Å². The monoisotopic (exact) mass is 329 g/mol. The third-order valence-electron chi connectivity index (χ3n) is 3.39. The topological polar surface area (TPSA) is 68.0 Å². The highest BCUT2D eigenvalue weighted by molar-refractivity contribution is 5.94. The van der Waals surface area contributed by atoms with E-state index in [2.05, 4.69) is 20.0 Å². The van der Waals surface area contributed by atoms with Gasteiger partial charge < -0.3 is 9.84 Å². The van der Waals surface area contributed by atoms with Crippen LogP contribution in [0.15, 0.2) is 53.4 Å². The van der Waals surface area contributed by atoms with Crippen molar-refractivity contribution < 1.29 is 18.1 Å². The number of halogens is 2. The normalized spacial score (nSPS) is 10.6. The summed E-state index contributed by atoms with van der Waals surface area (Å²) in [7, 11) is 0. The lowest BCUT2D eigenvalue weighted by molar-refractivity contribution is 0.0954. The van der Waals surface area contributed by atoms with Crippen molar-refractivity contribution in [2.45, 2.75) is 6.42 Å². The predicted molar refractivity (Wildman–Crippen MR) is 82.1 cm³/mol. The summed E-state index contributed by atoms with van der Waals surface area (Å²) in [5, 5.41) is 6.42. The molecule has 1 amide bonds. The van der Waals surface area contributed by atoms with Crippen LogP contribution < -0.4 is 5.32 Å². The average Bonchev–Trinajstić information content (AvgIpc) is 3.08. The third-order valence-corrected chi connectivity index (χ3v) is 3.39. The first-order chi connectivity index (χ1) is 11.6. The van der Waals surface area contributed by atoms with Gasteiger partial charge in [-0.15, -0.1) is 0 Å². The first kappa shape index (κ1) is 15.8. The smallest absolute Gasteiger partial charge is 0.251 e. The van der Waals surface area contributed by atoms with Crippen LogP contribution in [0, 0.1) is 11.6 Å². The Morgan fingerprint density at radius 2 is 1.79 bits per heavy atom. The van der Waals surface area contributed by atoms with Crippen molar-refractivity contribution in [2.24, 2.45) is 0 Å². The molecule has 3 rings (SSSR count). The minimum atomic E-state index is -0.631. The fourth-order valence-electron chi connectivity index (χ4n) is 2.25. The zero-order chi connectivity index (χ0) is 16.9. The molecule has 5 nitrogen and oxygen atoms in total. The number of benzene rings is 2. The first-order valence-electron chi connectivity index (χ1n) is 7.22. The van der Waals surface area contributed by atoms with Gasteiger partial charge in [-0.3, -0.25) is 4.79 Å². The van der Waals surface area contributed by atoms with Crippen LogP contribution in [0.1, 0.15) is 15.9 Å². The predicted octanol–water partition coefficient (Wildman–Crippen LogP) is 2.99. The van der Waals surface area contributed by atoms with Gasteiger partial charge in [0, 0.05) is 23.7 Å². The number of aromatic nitrogens is 2. The van der Waals surface area contributed by atoms with Crippen LogP contribution in [0.5, 0.6) is 0 Å². The number of rotatable bonds is 5. The Bertz CT molecular complexity index is 813. The molecule has 0 spiro atoms. The summed E-state index contributed by atoms with van der Waals surface area (Å²) in [6, 6.07) is 10.0. The highest BCUT2D eigenvalue weighted by Crippen LogP contribution is 2.15. The van der Waals surface area contributed by atoms with Crippen molar-refractivity contribution in [2.75, 3.05) is 6.54 Å². The van der Waals surface area contributed by atoms with E-state index in [0.29, 0.717) is 23.4 Å². The van der Waals surface area contributed by atoms with Crippen LogP contribution in [-0.4, -0.2) is 22.6 Å². The highest BCUT2D eigenvalue weighted by atomic mass is 19.1. The van der Waals surface area contributed by atoms with Gasteiger partial charge in [-0.05, 0) is 36.2 Å². The summed E-state index contributed by atoms with van der Waals surface area (Å²) in [6.07, 6.45) is 1.56. The molecule has 0 saturated heterocycles. The number of carbonyl (C=O) groups is 1. The molecule has 1 N–H and O–H groups in total. The SMILES string of the molecule is O=C(NCCc1cc(F)cc(F)c1)c1ccc(-c2ncon2)cc1. The van der Waals surface area contributed by atoms with Gasteiger partial charge in [-0.25, -0.2) is 8.78 Å². The van der Waals surface area contributed by atoms with E-state index in [1.165, 1.54) is 18.5 Å². The lowest BCUT2D eigenvalue weighted by atomic mass is 10.1. The molecular weight excluding hydrogens is 316 g/mol. The maximum atomic E-state index is 13.1. The van der Waals surface area contributed by atoms with Gasteiger partial charge >= 0.3 is 0 Å². The lowest BCUT2D eigenvalue weighted by Gasteiger charge is -2.06. The number of carbonyl (C=O) groups excluding carboxylic acids is 1. The molecule has 0 atom stereocenters. The molecule has 0 saturated carbocycles. The molecular formula is C17H13F2N3O2. The molecule has 0 unspecified atom stereocenters. The number of hydrogen-bond acceptors (Lipinski definition) is 4. The number of amides is 1. The average molecular weight is 329 g/mol. The molecule has 122 valence electrons. The Labute approximate surface area is 136 Å². The van der Waals surface area contributed by atoms with Gasteiger partial charge in [0.1, 0.15) is 11.6 Å². The van der Waals surface area contributed by atoms with Gasteiger partial charge in [0.15, 0.2) is 0 Å². The molecule has 24 heavy (non-hydrogen) atoms. The van der Waals surface area contributed by atoms with E-state index in [4.69, 9.17) is 0 Å². The molecule has 2 aromatic carbocycles. The van der Waals surface area contributed by atoms with Gasteiger partial charge in [0.25, 0.3) is 5.91 Å². The third kappa shape index (κ3) is 3.81. The second-order valence-electron chi connectivity index (χ2n) is 5.12. The summed E-state index contributed by atoms with van der Waals surface area (Å²) in [5.74, 6) is -1.09. The number of nitrogens with zero attached hydrogens (tertiary/aromatic N) is 2. The summed E-state index contributed by atoms with van der Waals surface area (Å²) in [4.78, 5) is 16.0. The van der Waals surface area contributed by atoms with E-state index in [0.717, 1.165) is 11.6 Å². The standard InChI is InChI=1S/C17H13F2N3O2/c18-14-7-11(8-15(19)9-14)5-6-20-17(23)13-3-1-12(2-4-13)16-21-10-24-22-16/h1-4,7-10H,5-6H2,(H,20,23). The fraction of sp³-hybridized carbons (Fsp3) is 0.118. The number of nitrogens with one attached hydrogen (secondary N) is 1. The summed E-state index contributed by atoms with van der Waals surface area (Å²) < 4.78 is 30.8. The molecule has 0 radical (unpaired) electrons. The highest BCUT2D eigenvalue weighted by Gasteiger charge is 2.08. The second-order valence-corrected chi connectivity index (χ2v) is 5.12. The molecule has 1 heterocycles. The quantitative estimate of drug-likeness (QED) is 0.781. The van der Waals surface area contributed by atoms with Gasteiger partial charge in [-0.1, -0.05) is 17.3 Å². The molecule has 0 aliphatic rings. The minimum absolute atomic E-state index is 0.272. The van der Waals surface area contributed by atoms with Crippen molar-refractivity contribution in [1.29, 1.82) is 0 Å². The van der Waals surface area contributed by atoms with E-state index in [-0.39, 0.29) is 12.5 Å². The van der Waals surface area contributed by atoms with E-state index in [1.54, 1.807) is 24.3 Å². The Hall–Kier alpha value is -3.09. The maximum Gasteiger partial charge on any atom is 0.251 e. The largest absolute Gasteiger partial charge is 0.352 e.